The summed E-state index contributed by atoms with van der Waals surface area (Å²) in [5.41, 5.74) is -4.05. The summed E-state index contributed by atoms with van der Waals surface area (Å²) in [6, 6.07) is -0.443. The molecule has 0 bridgehead atoms. The quantitative estimate of drug-likeness (QED) is 0.428. The van der Waals surface area contributed by atoms with Crippen molar-refractivity contribution >= 4 is 17.5 Å². The van der Waals surface area contributed by atoms with E-state index in [9.17, 15) is 35.9 Å². The molecule has 0 aliphatic carbocycles. The van der Waals surface area contributed by atoms with Gasteiger partial charge in [0.1, 0.15) is 5.56 Å². The molecule has 1 aliphatic rings. The third-order valence-electron chi connectivity index (χ3n) is 5.41. The minimum atomic E-state index is -4.84. The zero-order valence-corrected chi connectivity index (χ0v) is 19.0. The highest BCUT2D eigenvalue weighted by Gasteiger charge is 2.37. The SMILES string of the molecule is C[C@@H](CC/C=C/C(=O)N1CCN(c2ncc(C(F)(F)F)cn2)CC1)Nc1cn[nH]c(=O)c1C(F)(F)F. The summed E-state index contributed by atoms with van der Waals surface area (Å²) < 4.78 is 77.3. The number of hydrogen-bond acceptors (Lipinski definition) is 7. The molecule has 3 heterocycles. The maximum atomic E-state index is 13.1. The minimum absolute atomic E-state index is 0.149. The highest BCUT2D eigenvalue weighted by Crippen LogP contribution is 2.32. The fourth-order valence-corrected chi connectivity index (χ4v) is 3.52. The third kappa shape index (κ3) is 6.95. The van der Waals surface area contributed by atoms with Crippen LogP contribution in [0.15, 0.2) is 35.5 Å². The smallest absolute Gasteiger partial charge is 0.381 e. The van der Waals surface area contributed by atoms with Crippen LogP contribution in [0.25, 0.3) is 0 Å². The Labute approximate surface area is 201 Å². The second kappa shape index (κ2) is 11.0. The van der Waals surface area contributed by atoms with Crippen molar-refractivity contribution < 1.29 is 31.1 Å². The van der Waals surface area contributed by atoms with Crippen molar-refractivity contribution in [3.8, 4) is 0 Å². The molecule has 1 aliphatic heterocycles. The van der Waals surface area contributed by atoms with Gasteiger partial charge in [-0.05, 0) is 25.8 Å². The van der Waals surface area contributed by atoms with Crippen LogP contribution in [0.4, 0.5) is 38.0 Å². The Hall–Kier alpha value is -3.65. The summed E-state index contributed by atoms with van der Waals surface area (Å²) in [5, 5.41) is 7.80. The molecule has 36 heavy (non-hydrogen) atoms. The van der Waals surface area contributed by atoms with Crippen LogP contribution in [0.1, 0.15) is 30.9 Å². The Balaban J connectivity index is 1.45. The Morgan fingerprint density at radius 3 is 2.31 bits per heavy atom. The summed E-state index contributed by atoms with van der Waals surface area (Å²) >= 11 is 0. The molecule has 1 saturated heterocycles. The van der Waals surface area contributed by atoms with Gasteiger partial charge in [-0.2, -0.15) is 31.4 Å². The first kappa shape index (κ1) is 26.9. The number of nitrogens with one attached hydrogen (secondary N) is 2. The monoisotopic (exact) mass is 519 g/mol. The minimum Gasteiger partial charge on any atom is -0.381 e. The van der Waals surface area contributed by atoms with Crippen LogP contribution in [-0.4, -0.2) is 63.2 Å². The van der Waals surface area contributed by atoms with E-state index in [2.05, 4.69) is 20.4 Å². The van der Waals surface area contributed by atoms with Gasteiger partial charge in [0.2, 0.25) is 11.9 Å². The molecular formula is C21H23F6N7O2. The summed E-state index contributed by atoms with van der Waals surface area (Å²) in [7, 11) is 0. The highest BCUT2D eigenvalue weighted by molar-refractivity contribution is 5.87. The molecule has 2 aromatic rings. The van der Waals surface area contributed by atoms with Crippen LogP contribution in [0.5, 0.6) is 0 Å². The van der Waals surface area contributed by atoms with Gasteiger partial charge in [-0.3, -0.25) is 9.59 Å². The lowest BCUT2D eigenvalue weighted by Gasteiger charge is -2.34. The van der Waals surface area contributed by atoms with Crippen molar-refractivity contribution in [2.75, 3.05) is 36.4 Å². The lowest BCUT2D eigenvalue weighted by atomic mass is 10.1. The van der Waals surface area contributed by atoms with Gasteiger partial charge in [-0.15, -0.1) is 0 Å². The number of carbonyl (C=O) groups is 1. The molecule has 0 unspecified atom stereocenters. The van der Waals surface area contributed by atoms with E-state index in [0.29, 0.717) is 39.0 Å². The number of hydrogen-bond donors (Lipinski definition) is 2. The number of H-pyrrole nitrogens is 1. The van der Waals surface area contributed by atoms with E-state index in [1.807, 2.05) is 0 Å². The zero-order chi connectivity index (χ0) is 26.5. The number of alkyl halides is 6. The summed E-state index contributed by atoms with van der Waals surface area (Å²) in [6.45, 7) is 2.97. The van der Waals surface area contributed by atoms with E-state index >= 15 is 0 Å². The molecule has 0 radical (unpaired) electrons. The van der Waals surface area contributed by atoms with Gasteiger partial charge in [-0.1, -0.05) is 6.08 Å². The molecule has 9 nitrogen and oxygen atoms in total. The van der Waals surface area contributed by atoms with E-state index in [4.69, 9.17) is 0 Å². The normalized spacial score (nSPS) is 15.9. The first-order valence-electron chi connectivity index (χ1n) is 10.9. The van der Waals surface area contributed by atoms with E-state index in [1.54, 1.807) is 27.9 Å². The number of nitrogens with zero attached hydrogens (tertiary/aromatic N) is 5. The summed E-state index contributed by atoms with van der Waals surface area (Å²) in [6.07, 6.45) is -3.29. The van der Waals surface area contributed by atoms with Gasteiger partial charge in [0.15, 0.2) is 0 Å². The standard InChI is InChI=1S/C21H23F6N7O2/c1-13(31-15-12-30-32-18(36)17(15)21(25,26)27)4-2-3-5-16(35)33-6-8-34(9-7-33)19-28-10-14(11-29-19)20(22,23)24/h3,5,10-13H,2,4,6-9H2,1H3,(H2,31,32,36)/b5-3+/t13-/m0/s1. The van der Waals surface area contributed by atoms with Crippen molar-refractivity contribution in [3.05, 3.63) is 52.2 Å². The first-order valence-corrected chi connectivity index (χ1v) is 10.9. The predicted octanol–water partition coefficient (Wildman–Crippen LogP) is 3.08. The van der Waals surface area contributed by atoms with Gasteiger partial charge < -0.3 is 15.1 Å². The number of halogens is 6. The number of anilines is 2. The van der Waals surface area contributed by atoms with Crippen molar-refractivity contribution in [2.45, 2.75) is 38.2 Å². The molecule has 15 heteroatoms. The van der Waals surface area contributed by atoms with E-state index < -0.39 is 40.8 Å². The first-order chi connectivity index (χ1) is 16.9. The van der Waals surface area contributed by atoms with Crippen LogP contribution in [-0.2, 0) is 17.1 Å². The molecule has 3 rings (SSSR count). The second-order valence-corrected chi connectivity index (χ2v) is 8.09. The Bertz CT molecular complexity index is 1120. The Morgan fingerprint density at radius 2 is 1.72 bits per heavy atom. The number of aromatic nitrogens is 4. The molecule has 1 fully saturated rings. The summed E-state index contributed by atoms with van der Waals surface area (Å²) in [5.74, 6) is -0.113. The van der Waals surface area contributed by atoms with Crippen LogP contribution in [0.2, 0.25) is 0 Å². The molecule has 2 N–H and O–H groups in total. The van der Waals surface area contributed by atoms with Crippen molar-refractivity contribution in [2.24, 2.45) is 0 Å². The fourth-order valence-electron chi connectivity index (χ4n) is 3.52. The maximum Gasteiger partial charge on any atom is 0.423 e. The lowest BCUT2D eigenvalue weighted by molar-refractivity contribution is -0.139. The number of rotatable bonds is 7. The molecule has 0 aromatic carbocycles. The molecule has 2 aromatic heterocycles. The Morgan fingerprint density at radius 1 is 1.08 bits per heavy atom. The number of allylic oxidation sites excluding steroid dienone is 1. The van der Waals surface area contributed by atoms with Gasteiger partial charge in [0.25, 0.3) is 5.56 Å². The second-order valence-electron chi connectivity index (χ2n) is 8.09. The molecule has 0 saturated carbocycles. The largest absolute Gasteiger partial charge is 0.423 e. The molecule has 1 atom stereocenters. The van der Waals surface area contributed by atoms with Crippen molar-refractivity contribution in [1.29, 1.82) is 0 Å². The van der Waals surface area contributed by atoms with E-state index in [0.717, 1.165) is 18.6 Å². The highest BCUT2D eigenvalue weighted by atomic mass is 19.4. The van der Waals surface area contributed by atoms with Crippen LogP contribution in [0, 0.1) is 0 Å². The van der Waals surface area contributed by atoms with E-state index in [-0.39, 0.29) is 11.9 Å². The van der Waals surface area contributed by atoms with Crippen molar-refractivity contribution in [1.82, 2.24) is 25.1 Å². The van der Waals surface area contributed by atoms with Crippen LogP contribution >= 0.6 is 0 Å². The van der Waals surface area contributed by atoms with Gasteiger partial charge in [0.05, 0.1) is 17.4 Å². The average molecular weight is 519 g/mol. The summed E-state index contributed by atoms with van der Waals surface area (Å²) in [4.78, 5) is 34.7. The zero-order valence-electron chi connectivity index (χ0n) is 19.0. The van der Waals surface area contributed by atoms with Crippen LogP contribution in [0.3, 0.4) is 0 Å². The number of piperazine rings is 1. The van der Waals surface area contributed by atoms with Crippen LogP contribution < -0.4 is 15.8 Å². The number of amides is 1. The van der Waals surface area contributed by atoms with Crippen molar-refractivity contribution in [3.63, 3.8) is 0 Å². The van der Waals surface area contributed by atoms with Gasteiger partial charge >= 0.3 is 12.4 Å². The Kier molecular flexibility index (Phi) is 8.20. The molecule has 196 valence electrons. The lowest BCUT2D eigenvalue weighted by Crippen LogP contribution is -2.48. The number of carbonyl (C=O) groups excluding carboxylic acids is 1. The third-order valence-corrected chi connectivity index (χ3v) is 5.41. The van der Waals surface area contributed by atoms with Gasteiger partial charge in [0, 0.05) is 44.6 Å². The fraction of sp³-hybridized carbons (Fsp3) is 0.476. The molecule has 1 amide bonds. The maximum absolute atomic E-state index is 13.1. The van der Waals surface area contributed by atoms with E-state index in [1.165, 1.54) is 6.08 Å². The van der Waals surface area contributed by atoms with Gasteiger partial charge in [-0.25, -0.2) is 15.1 Å². The topological polar surface area (TPSA) is 107 Å². The molecule has 0 spiro atoms. The predicted molar refractivity (Wildman–Crippen MR) is 117 cm³/mol. The average Bonchev–Trinajstić information content (AvgIpc) is 2.80. The number of aromatic amines is 1. The molecular weight excluding hydrogens is 496 g/mol.